The van der Waals surface area contributed by atoms with Crippen molar-refractivity contribution in [1.29, 1.82) is 0 Å². The predicted octanol–water partition coefficient (Wildman–Crippen LogP) is 3.42. The summed E-state index contributed by atoms with van der Waals surface area (Å²) in [6.07, 6.45) is 0. The van der Waals surface area contributed by atoms with Gasteiger partial charge in [0.15, 0.2) is 0 Å². The van der Waals surface area contributed by atoms with Gasteiger partial charge in [-0.3, -0.25) is 5.21 Å². The summed E-state index contributed by atoms with van der Waals surface area (Å²) in [5.41, 5.74) is 7.39. The van der Waals surface area contributed by atoms with E-state index in [2.05, 4.69) is 0 Å². The largest absolute Gasteiger partial charge is 0.456 e. The molecule has 2 aromatic carbocycles. The molecule has 102 valence electrons. The minimum Gasteiger partial charge on any atom is -0.456 e. The van der Waals surface area contributed by atoms with Crippen LogP contribution in [0.4, 0.5) is 4.79 Å². The maximum Gasteiger partial charge on any atom is 0.339 e. The van der Waals surface area contributed by atoms with Crippen molar-refractivity contribution in [3.05, 3.63) is 48.0 Å². The lowest BCUT2D eigenvalue weighted by atomic mass is 10.0. The average Bonchev–Trinajstić information content (AvgIpc) is 2.84. The third-order valence-electron chi connectivity index (χ3n) is 3.48. The number of furan rings is 1. The molecule has 3 aromatic rings. The maximum atomic E-state index is 11.1. The van der Waals surface area contributed by atoms with Crippen molar-refractivity contribution in [1.82, 2.24) is 5.06 Å². The van der Waals surface area contributed by atoms with Crippen LogP contribution in [0.5, 0.6) is 0 Å². The third-order valence-corrected chi connectivity index (χ3v) is 3.48. The molecule has 0 saturated carbocycles. The lowest BCUT2D eigenvalue weighted by Crippen LogP contribution is -2.34. The van der Waals surface area contributed by atoms with Crippen molar-refractivity contribution < 1.29 is 14.4 Å². The number of amides is 2. The van der Waals surface area contributed by atoms with Crippen molar-refractivity contribution in [3.63, 3.8) is 0 Å². The fraction of sp³-hybridized carbons (Fsp3) is 0.133. The SMILES string of the molecule is CC(c1cccc2oc3ccccc3c12)N(O)C(N)=O. The minimum atomic E-state index is -0.887. The Balaban J connectivity index is 2.28. The molecule has 5 nitrogen and oxygen atoms in total. The molecule has 0 saturated heterocycles. The number of nitrogens with zero attached hydrogens (tertiary/aromatic N) is 1. The van der Waals surface area contributed by atoms with E-state index in [4.69, 9.17) is 10.2 Å². The van der Waals surface area contributed by atoms with Gasteiger partial charge in [-0.1, -0.05) is 30.3 Å². The summed E-state index contributed by atoms with van der Waals surface area (Å²) in [4.78, 5) is 11.1. The van der Waals surface area contributed by atoms with Crippen LogP contribution in [0.2, 0.25) is 0 Å². The van der Waals surface area contributed by atoms with E-state index < -0.39 is 12.1 Å². The van der Waals surface area contributed by atoms with Crippen molar-refractivity contribution >= 4 is 28.0 Å². The van der Waals surface area contributed by atoms with Crippen LogP contribution in [0.15, 0.2) is 46.9 Å². The van der Waals surface area contributed by atoms with E-state index in [1.807, 2.05) is 42.5 Å². The van der Waals surface area contributed by atoms with Crippen molar-refractivity contribution in [2.75, 3.05) is 0 Å². The van der Waals surface area contributed by atoms with Crippen LogP contribution < -0.4 is 5.73 Å². The Kier molecular flexibility index (Phi) is 2.84. The molecule has 3 N–H and O–H groups in total. The Hall–Kier alpha value is -2.53. The highest BCUT2D eigenvalue weighted by Gasteiger charge is 2.21. The van der Waals surface area contributed by atoms with Gasteiger partial charge >= 0.3 is 6.03 Å². The molecule has 0 fully saturated rings. The van der Waals surface area contributed by atoms with Crippen LogP contribution in [0, 0.1) is 0 Å². The topological polar surface area (TPSA) is 79.7 Å². The van der Waals surface area contributed by atoms with Crippen LogP contribution >= 0.6 is 0 Å². The van der Waals surface area contributed by atoms with Gasteiger partial charge in [0.1, 0.15) is 11.2 Å². The molecular weight excluding hydrogens is 256 g/mol. The normalized spacial score (nSPS) is 12.7. The number of benzene rings is 2. The van der Waals surface area contributed by atoms with E-state index in [9.17, 15) is 10.0 Å². The molecule has 3 rings (SSSR count). The summed E-state index contributed by atoms with van der Waals surface area (Å²) in [5, 5.41) is 12.1. The van der Waals surface area contributed by atoms with E-state index in [1.54, 1.807) is 6.92 Å². The Morgan fingerprint density at radius 2 is 1.90 bits per heavy atom. The first-order valence-corrected chi connectivity index (χ1v) is 6.27. The van der Waals surface area contributed by atoms with Crippen LogP contribution in [0.3, 0.4) is 0 Å². The minimum absolute atomic E-state index is 0.524. The number of carbonyl (C=O) groups excluding carboxylic acids is 1. The highest BCUT2D eigenvalue weighted by Crippen LogP contribution is 2.35. The number of hydroxylamine groups is 2. The molecule has 1 atom stereocenters. The highest BCUT2D eigenvalue weighted by molar-refractivity contribution is 6.06. The fourth-order valence-corrected chi connectivity index (χ4v) is 2.47. The molecule has 2 amide bonds. The summed E-state index contributed by atoms with van der Waals surface area (Å²) >= 11 is 0. The van der Waals surface area contributed by atoms with E-state index in [-0.39, 0.29) is 0 Å². The molecular formula is C15H14N2O3. The van der Waals surface area contributed by atoms with E-state index >= 15 is 0 Å². The van der Waals surface area contributed by atoms with Gasteiger partial charge in [-0.25, -0.2) is 4.79 Å². The molecule has 1 heterocycles. The molecule has 1 aromatic heterocycles. The van der Waals surface area contributed by atoms with Gasteiger partial charge in [0.25, 0.3) is 0 Å². The summed E-state index contributed by atoms with van der Waals surface area (Å²) in [7, 11) is 0. The van der Waals surface area contributed by atoms with Crippen LogP contribution in [-0.2, 0) is 0 Å². The zero-order chi connectivity index (χ0) is 14.3. The molecule has 20 heavy (non-hydrogen) atoms. The number of rotatable bonds is 2. The number of fused-ring (bicyclic) bond motifs is 3. The van der Waals surface area contributed by atoms with Gasteiger partial charge in [-0.05, 0) is 24.6 Å². The van der Waals surface area contributed by atoms with E-state index in [0.29, 0.717) is 10.6 Å². The zero-order valence-corrected chi connectivity index (χ0v) is 10.9. The lowest BCUT2D eigenvalue weighted by molar-refractivity contribution is -0.0705. The van der Waals surface area contributed by atoms with Gasteiger partial charge in [0.05, 0.1) is 6.04 Å². The molecule has 0 radical (unpaired) electrons. The molecule has 5 heteroatoms. The Labute approximate surface area is 115 Å². The van der Waals surface area contributed by atoms with Gasteiger partial charge in [-0.15, -0.1) is 0 Å². The average molecular weight is 270 g/mol. The number of primary amides is 1. The molecule has 0 aliphatic heterocycles. The first-order chi connectivity index (χ1) is 9.59. The van der Waals surface area contributed by atoms with Crippen LogP contribution in [0.1, 0.15) is 18.5 Å². The highest BCUT2D eigenvalue weighted by atomic mass is 16.5. The molecule has 0 aliphatic carbocycles. The maximum absolute atomic E-state index is 11.1. The van der Waals surface area contributed by atoms with Crippen LogP contribution in [0.25, 0.3) is 21.9 Å². The predicted molar refractivity (Wildman–Crippen MR) is 75.3 cm³/mol. The van der Waals surface area contributed by atoms with Gasteiger partial charge in [-0.2, -0.15) is 5.06 Å². The number of hydrogen-bond donors (Lipinski definition) is 2. The molecule has 0 spiro atoms. The van der Waals surface area contributed by atoms with Crippen molar-refractivity contribution in [3.8, 4) is 0 Å². The second kappa shape index (κ2) is 4.54. The summed E-state index contributed by atoms with van der Waals surface area (Å²) in [6.45, 7) is 1.71. The van der Waals surface area contributed by atoms with Gasteiger partial charge < -0.3 is 10.2 Å². The van der Waals surface area contributed by atoms with Crippen molar-refractivity contribution in [2.24, 2.45) is 5.73 Å². The quantitative estimate of drug-likeness (QED) is 0.553. The number of para-hydroxylation sites is 1. The number of hydrogen-bond acceptors (Lipinski definition) is 3. The van der Waals surface area contributed by atoms with E-state index in [0.717, 1.165) is 21.9 Å². The number of nitrogens with two attached hydrogens (primary N) is 1. The number of carbonyl (C=O) groups is 1. The summed E-state index contributed by atoms with van der Waals surface area (Å²) < 4.78 is 5.77. The smallest absolute Gasteiger partial charge is 0.339 e. The second-order valence-corrected chi connectivity index (χ2v) is 4.68. The third kappa shape index (κ3) is 1.80. The van der Waals surface area contributed by atoms with Gasteiger partial charge in [0.2, 0.25) is 0 Å². The first kappa shape index (κ1) is 12.5. The number of urea groups is 1. The Morgan fingerprint density at radius 3 is 2.65 bits per heavy atom. The molecule has 1 unspecified atom stereocenters. The standard InChI is InChI=1S/C15H14N2O3/c1-9(17(19)15(16)18)10-6-4-8-13-14(10)11-5-2-3-7-12(11)20-13/h2-9,19H,1H3,(H2,16,18). The zero-order valence-electron chi connectivity index (χ0n) is 10.9. The Morgan fingerprint density at radius 1 is 1.20 bits per heavy atom. The van der Waals surface area contributed by atoms with E-state index in [1.165, 1.54) is 0 Å². The second-order valence-electron chi connectivity index (χ2n) is 4.68. The molecule has 0 bridgehead atoms. The first-order valence-electron chi connectivity index (χ1n) is 6.27. The van der Waals surface area contributed by atoms with Gasteiger partial charge in [0, 0.05) is 10.8 Å². The monoisotopic (exact) mass is 270 g/mol. The van der Waals surface area contributed by atoms with Crippen LogP contribution in [-0.4, -0.2) is 16.3 Å². The lowest BCUT2D eigenvalue weighted by Gasteiger charge is -2.21. The fourth-order valence-electron chi connectivity index (χ4n) is 2.47. The Bertz CT molecular complexity index is 794. The summed E-state index contributed by atoms with van der Waals surface area (Å²) in [5.74, 6) is 0. The molecule has 0 aliphatic rings. The van der Waals surface area contributed by atoms with Crippen molar-refractivity contribution in [2.45, 2.75) is 13.0 Å². The summed E-state index contributed by atoms with van der Waals surface area (Å²) in [6, 6.07) is 11.7.